The first kappa shape index (κ1) is 65.9. The van der Waals surface area contributed by atoms with Crippen molar-refractivity contribution >= 4 is 11.9 Å². The molecule has 408 valence electrons. The molecule has 0 aromatic heterocycles. The first-order chi connectivity index (χ1) is 34.7. The summed E-state index contributed by atoms with van der Waals surface area (Å²) in [4.78, 5) is 26.4. The molecule has 11 heteroatoms. The smallest absolute Gasteiger partial charge is 0.306 e. The average Bonchev–Trinajstić information content (AvgIpc) is 3.37. The van der Waals surface area contributed by atoms with Gasteiger partial charge in [0, 0.05) is 6.42 Å². The second kappa shape index (κ2) is 47.8. The maximum absolute atomic E-state index is 13.4. The third-order valence-electron chi connectivity index (χ3n) is 12.9. The molecule has 1 aliphatic rings. The maximum Gasteiger partial charge on any atom is 0.306 e. The van der Waals surface area contributed by atoms with Crippen molar-refractivity contribution in [2.45, 2.75) is 269 Å². The van der Waals surface area contributed by atoms with Crippen LogP contribution in [0.25, 0.3) is 0 Å². The zero-order valence-electron chi connectivity index (χ0n) is 44.8. The Morgan fingerprint density at radius 1 is 0.563 bits per heavy atom. The summed E-state index contributed by atoms with van der Waals surface area (Å²) >= 11 is 0. The molecule has 1 rings (SSSR count). The predicted octanol–water partition coefficient (Wildman–Crippen LogP) is 12.6. The van der Waals surface area contributed by atoms with Gasteiger partial charge in [0.1, 0.15) is 24.4 Å². The second-order valence-corrected chi connectivity index (χ2v) is 19.4. The molecular formula is C60H103NO10. The molecule has 0 aliphatic carbocycles. The highest BCUT2D eigenvalue weighted by atomic mass is 16.7. The summed E-state index contributed by atoms with van der Waals surface area (Å²) in [5.41, 5.74) is 0. The van der Waals surface area contributed by atoms with E-state index >= 15 is 0 Å². The summed E-state index contributed by atoms with van der Waals surface area (Å²) in [7, 11) is 0. The fourth-order valence-corrected chi connectivity index (χ4v) is 8.36. The molecule has 1 fully saturated rings. The van der Waals surface area contributed by atoms with Crippen LogP contribution in [0.2, 0.25) is 0 Å². The van der Waals surface area contributed by atoms with Gasteiger partial charge in [-0.15, -0.1) is 0 Å². The number of hydrogen-bond donors (Lipinski definition) is 6. The number of rotatable bonds is 46. The first-order valence-corrected chi connectivity index (χ1v) is 28.4. The van der Waals surface area contributed by atoms with Crippen LogP contribution in [0.5, 0.6) is 0 Å². The predicted molar refractivity (Wildman–Crippen MR) is 292 cm³/mol. The number of carbonyl (C=O) groups is 2. The van der Waals surface area contributed by atoms with Crippen molar-refractivity contribution in [3.8, 4) is 0 Å². The number of allylic oxidation sites excluding steroid dienone is 13. The van der Waals surface area contributed by atoms with Crippen LogP contribution in [0.1, 0.15) is 220 Å². The summed E-state index contributed by atoms with van der Waals surface area (Å²) in [6.07, 6.45) is 50.4. The Labute approximate surface area is 432 Å². The van der Waals surface area contributed by atoms with Gasteiger partial charge in [0.15, 0.2) is 12.4 Å². The van der Waals surface area contributed by atoms with E-state index in [0.717, 1.165) is 96.3 Å². The standard InChI is InChI=1S/C60H103NO10/c1-4-7-10-13-16-19-22-25-27-30-33-36-39-42-45-48-55(65)71-58-57(67)56(66)54(49-62)70-60(58)69-50-51(52(63)46-43-40-37-34-31-28-24-21-18-15-12-9-6-3)61-59(68)53(64)47-44-41-38-35-32-29-26-23-20-17-14-11-8-5-2/h7,10,13,16-17,19-20,22-23,25-27,43,46,51-54,56-58,60,62-64,66-67H,4-6,8-9,11-12,14-15,18,21,24,28-42,44-45,47-50H2,1-3H3,(H,61,68)/b10-7+,16-13+,20-17+,22-19+,26-23+,27-25-,46-43+. The molecule has 1 heterocycles. The van der Waals surface area contributed by atoms with Crippen molar-refractivity contribution in [1.82, 2.24) is 5.32 Å². The minimum atomic E-state index is -1.63. The van der Waals surface area contributed by atoms with Crippen LogP contribution in [0.15, 0.2) is 85.1 Å². The molecule has 0 aromatic carbocycles. The molecule has 6 N–H and O–H groups in total. The van der Waals surface area contributed by atoms with Gasteiger partial charge in [-0.1, -0.05) is 228 Å². The van der Waals surface area contributed by atoms with Gasteiger partial charge in [-0.2, -0.15) is 0 Å². The van der Waals surface area contributed by atoms with E-state index in [2.05, 4.69) is 62.5 Å². The van der Waals surface area contributed by atoms with Crippen LogP contribution in [-0.4, -0.2) is 99.6 Å². The van der Waals surface area contributed by atoms with E-state index in [1.165, 1.54) is 77.0 Å². The molecule has 0 bridgehead atoms. The Morgan fingerprint density at radius 3 is 1.56 bits per heavy atom. The quantitative estimate of drug-likeness (QED) is 0.0149. The van der Waals surface area contributed by atoms with Crippen molar-refractivity contribution in [2.24, 2.45) is 0 Å². The van der Waals surface area contributed by atoms with E-state index in [1.807, 2.05) is 42.5 Å². The number of carbonyl (C=O) groups excluding carboxylic acids is 2. The van der Waals surface area contributed by atoms with Crippen molar-refractivity contribution in [2.75, 3.05) is 13.2 Å². The van der Waals surface area contributed by atoms with Gasteiger partial charge in [0.2, 0.25) is 5.91 Å². The molecule has 8 unspecified atom stereocenters. The Balaban J connectivity index is 2.78. The van der Waals surface area contributed by atoms with Crippen molar-refractivity contribution < 1.29 is 49.3 Å². The molecule has 0 radical (unpaired) electrons. The SMILES string of the molecule is CC/C=C/C=C/C=C/C=C\CCCCCCCC(=O)OC1C(OCC(NC(=O)C(O)CCCCCCC/C=C/C=C/CCCCC)C(O)/C=C/CCCCCCCCCCCCC)OC(CO)C(O)C1O. The van der Waals surface area contributed by atoms with Gasteiger partial charge in [0.05, 0.1) is 25.4 Å². The van der Waals surface area contributed by atoms with E-state index in [0.29, 0.717) is 12.8 Å². The summed E-state index contributed by atoms with van der Waals surface area (Å²) in [5.74, 6) is -1.24. The summed E-state index contributed by atoms with van der Waals surface area (Å²) in [5, 5.41) is 56.8. The van der Waals surface area contributed by atoms with Crippen LogP contribution in [-0.2, 0) is 23.8 Å². The summed E-state index contributed by atoms with van der Waals surface area (Å²) in [6, 6.07) is -1.04. The Bertz CT molecular complexity index is 1470. The lowest BCUT2D eigenvalue weighted by atomic mass is 9.99. The molecule has 0 saturated carbocycles. The molecule has 11 nitrogen and oxygen atoms in total. The third-order valence-corrected chi connectivity index (χ3v) is 12.9. The number of aliphatic hydroxyl groups is 5. The zero-order chi connectivity index (χ0) is 51.8. The molecule has 1 aliphatic heterocycles. The van der Waals surface area contributed by atoms with E-state index in [-0.39, 0.29) is 19.4 Å². The highest BCUT2D eigenvalue weighted by Gasteiger charge is 2.47. The second-order valence-electron chi connectivity index (χ2n) is 19.4. The molecule has 1 saturated heterocycles. The van der Waals surface area contributed by atoms with E-state index in [4.69, 9.17) is 14.2 Å². The number of nitrogens with one attached hydrogen (secondary N) is 1. The number of aliphatic hydroxyl groups excluding tert-OH is 5. The van der Waals surface area contributed by atoms with Crippen LogP contribution >= 0.6 is 0 Å². The number of ether oxygens (including phenoxy) is 3. The average molecular weight is 998 g/mol. The molecule has 1 amide bonds. The lowest BCUT2D eigenvalue weighted by Gasteiger charge is -2.41. The molecular weight excluding hydrogens is 895 g/mol. The Hall–Kier alpha value is -3.16. The largest absolute Gasteiger partial charge is 0.454 e. The van der Waals surface area contributed by atoms with Gasteiger partial charge in [-0.25, -0.2) is 0 Å². The van der Waals surface area contributed by atoms with Gasteiger partial charge in [0.25, 0.3) is 0 Å². The minimum absolute atomic E-state index is 0.0921. The highest BCUT2D eigenvalue weighted by molar-refractivity contribution is 5.80. The highest BCUT2D eigenvalue weighted by Crippen LogP contribution is 2.26. The summed E-state index contributed by atoms with van der Waals surface area (Å²) < 4.78 is 17.5. The molecule has 8 atom stereocenters. The minimum Gasteiger partial charge on any atom is -0.454 e. The number of hydrogen-bond acceptors (Lipinski definition) is 10. The number of unbranched alkanes of at least 4 members (excludes halogenated alkanes) is 24. The fraction of sp³-hybridized carbons (Fsp3) is 0.733. The van der Waals surface area contributed by atoms with E-state index in [1.54, 1.807) is 6.08 Å². The monoisotopic (exact) mass is 998 g/mol. The maximum atomic E-state index is 13.4. The summed E-state index contributed by atoms with van der Waals surface area (Å²) in [6.45, 7) is 5.58. The van der Waals surface area contributed by atoms with Crippen molar-refractivity contribution in [3.05, 3.63) is 85.1 Å². The Morgan fingerprint density at radius 2 is 1.01 bits per heavy atom. The fourth-order valence-electron chi connectivity index (χ4n) is 8.36. The third kappa shape index (κ3) is 36.4. The number of esters is 1. The molecule has 71 heavy (non-hydrogen) atoms. The van der Waals surface area contributed by atoms with Crippen molar-refractivity contribution in [1.29, 1.82) is 0 Å². The van der Waals surface area contributed by atoms with Gasteiger partial charge in [-0.3, -0.25) is 9.59 Å². The Kier molecular flexibility index (Phi) is 44.4. The molecule has 0 spiro atoms. The van der Waals surface area contributed by atoms with Gasteiger partial charge >= 0.3 is 5.97 Å². The molecule has 0 aromatic rings. The van der Waals surface area contributed by atoms with Crippen LogP contribution < -0.4 is 5.32 Å². The topological polar surface area (TPSA) is 175 Å². The van der Waals surface area contributed by atoms with Gasteiger partial charge < -0.3 is 45.1 Å². The van der Waals surface area contributed by atoms with Crippen molar-refractivity contribution in [3.63, 3.8) is 0 Å². The van der Waals surface area contributed by atoms with Gasteiger partial charge in [-0.05, 0) is 70.6 Å². The van der Waals surface area contributed by atoms with Crippen LogP contribution in [0.3, 0.4) is 0 Å². The first-order valence-electron chi connectivity index (χ1n) is 28.4. The number of amides is 1. The van der Waals surface area contributed by atoms with Crippen LogP contribution in [0.4, 0.5) is 0 Å². The lowest BCUT2D eigenvalue weighted by molar-refractivity contribution is -0.305. The lowest BCUT2D eigenvalue weighted by Crippen LogP contribution is -2.61. The van der Waals surface area contributed by atoms with E-state index in [9.17, 15) is 35.1 Å². The van der Waals surface area contributed by atoms with Crippen LogP contribution in [0, 0.1) is 0 Å². The van der Waals surface area contributed by atoms with E-state index < -0.39 is 67.4 Å². The normalized spacial score (nSPS) is 20.3. The zero-order valence-corrected chi connectivity index (χ0v) is 44.8.